The van der Waals surface area contributed by atoms with Crippen molar-refractivity contribution in [2.24, 2.45) is 7.05 Å². The Morgan fingerprint density at radius 1 is 1.44 bits per heavy atom. The van der Waals surface area contributed by atoms with Gasteiger partial charge in [0.2, 0.25) is 0 Å². The Balaban J connectivity index is 1.92. The van der Waals surface area contributed by atoms with Crippen LogP contribution in [-0.2, 0) is 13.6 Å². The van der Waals surface area contributed by atoms with Crippen molar-refractivity contribution in [1.82, 2.24) is 24.6 Å². The van der Waals surface area contributed by atoms with Gasteiger partial charge in [0, 0.05) is 31.6 Å². The minimum Gasteiger partial charge on any atom is -0.309 e. The van der Waals surface area contributed by atoms with Gasteiger partial charge in [-0.2, -0.15) is 16.9 Å². The molecule has 0 aromatic carbocycles. The molecule has 2 aromatic heterocycles. The number of aromatic nitrogens is 4. The van der Waals surface area contributed by atoms with Crippen LogP contribution in [0.5, 0.6) is 0 Å². The van der Waals surface area contributed by atoms with E-state index in [1.165, 1.54) is 0 Å². The first-order valence-corrected chi connectivity index (χ1v) is 7.10. The zero-order valence-electron chi connectivity index (χ0n) is 10.2. The Hall–Kier alpha value is -1.34. The highest BCUT2D eigenvalue weighted by molar-refractivity contribution is 7.99. The number of aromatic amines is 1. The summed E-state index contributed by atoms with van der Waals surface area (Å²) in [6.07, 6.45) is 1.56. The van der Waals surface area contributed by atoms with Crippen molar-refractivity contribution in [3.8, 4) is 0 Å². The molecule has 6 nitrogen and oxygen atoms in total. The van der Waals surface area contributed by atoms with Crippen molar-refractivity contribution in [2.75, 3.05) is 24.6 Å². The van der Waals surface area contributed by atoms with Crippen LogP contribution in [0, 0.1) is 0 Å². The number of fused-ring (bicyclic) bond motifs is 1. The smallest absolute Gasteiger partial charge is 0.262 e. The monoisotopic (exact) mass is 265 g/mol. The van der Waals surface area contributed by atoms with E-state index in [9.17, 15) is 4.79 Å². The molecule has 2 aromatic rings. The fraction of sp³-hybridized carbons (Fsp3) is 0.545. The van der Waals surface area contributed by atoms with Crippen molar-refractivity contribution < 1.29 is 0 Å². The van der Waals surface area contributed by atoms with Crippen molar-refractivity contribution in [1.29, 1.82) is 0 Å². The Labute approximate surface area is 108 Å². The molecule has 96 valence electrons. The summed E-state index contributed by atoms with van der Waals surface area (Å²) in [5.74, 6) is 3.03. The van der Waals surface area contributed by atoms with Gasteiger partial charge in [0.15, 0.2) is 5.65 Å². The maximum absolute atomic E-state index is 11.9. The van der Waals surface area contributed by atoms with E-state index in [2.05, 4.69) is 20.0 Å². The van der Waals surface area contributed by atoms with Crippen LogP contribution in [0.25, 0.3) is 11.0 Å². The Morgan fingerprint density at radius 3 is 3.00 bits per heavy atom. The Kier molecular flexibility index (Phi) is 3.09. The highest BCUT2D eigenvalue weighted by Gasteiger charge is 2.14. The van der Waals surface area contributed by atoms with Gasteiger partial charge in [-0.25, -0.2) is 4.98 Å². The average molecular weight is 265 g/mol. The molecule has 1 saturated heterocycles. The second kappa shape index (κ2) is 4.74. The van der Waals surface area contributed by atoms with E-state index in [1.807, 2.05) is 11.8 Å². The molecule has 0 unspecified atom stereocenters. The molecule has 1 aliphatic heterocycles. The van der Waals surface area contributed by atoms with Crippen molar-refractivity contribution in [2.45, 2.75) is 6.54 Å². The molecule has 0 atom stereocenters. The number of thioether (sulfide) groups is 1. The maximum Gasteiger partial charge on any atom is 0.262 e. The number of aryl methyl sites for hydroxylation is 1. The average Bonchev–Trinajstić information content (AvgIpc) is 2.73. The molecule has 18 heavy (non-hydrogen) atoms. The first-order valence-electron chi connectivity index (χ1n) is 5.95. The maximum atomic E-state index is 11.9. The largest absolute Gasteiger partial charge is 0.309 e. The van der Waals surface area contributed by atoms with Gasteiger partial charge in [0.05, 0.1) is 12.7 Å². The molecule has 3 heterocycles. The van der Waals surface area contributed by atoms with Crippen molar-refractivity contribution >= 4 is 22.8 Å². The fourth-order valence-electron chi connectivity index (χ4n) is 2.12. The zero-order valence-corrected chi connectivity index (χ0v) is 11.0. The molecule has 0 spiro atoms. The van der Waals surface area contributed by atoms with E-state index in [4.69, 9.17) is 0 Å². The number of rotatable bonds is 2. The van der Waals surface area contributed by atoms with Crippen molar-refractivity contribution in [3.05, 3.63) is 22.4 Å². The molecule has 0 aliphatic carbocycles. The molecule has 7 heteroatoms. The first kappa shape index (κ1) is 11.7. The standard InChI is InChI=1S/C11H15N5OS/c1-15-10-8(6-12-15)11(17)14-9(13-10)7-16-2-4-18-5-3-16/h6H,2-5,7H2,1H3,(H,13,14,17). The molecule has 0 saturated carbocycles. The van der Waals surface area contributed by atoms with Crippen LogP contribution in [0.3, 0.4) is 0 Å². The lowest BCUT2D eigenvalue weighted by atomic mass is 10.4. The number of nitrogens with zero attached hydrogens (tertiary/aromatic N) is 4. The molecule has 1 fully saturated rings. The minimum atomic E-state index is -0.102. The van der Waals surface area contributed by atoms with Crippen LogP contribution >= 0.6 is 11.8 Å². The van der Waals surface area contributed by atoms with Crippen LogP contribution in [0.1, 0.15) is 5.82 Å². The fourth-order valence-corrected chi connectivity index (χ4v) is 3.10. The van der Waals surface area contributed by atoms with Gasteiger partial charge in [-0.3, -0.25) is 14.4 Å². The third-order valence-electron chi connectivity index (χ3n) is 3.13. The predicted octanol–water partition coefficient (Wildman–Crippen LogP) is 0.205. The first-order chi connectivity index (χ1) is 8.74. The number of H-pyrrole nitrogens is 1. The third-order valence-corrected chi connectivity index (χ3v) is 4.07. The summed E-state index contributed by atoms with van der Waals surface area (Å²) in [6, 6.07) is 0. The van der Waals surface area contributed by atoms with Gasteiger partial charge >= 0.3 is 0 Å². The molecule has 3 rings (SSSR count). The van der Waals surface area contributed by atoms with Crippen LogP contribution in [-0.4, -0.2) is 49.2 Å². The highest BCUT2D eigenvalue weighted by Crippen LogP contribution is 2.11. The lowest BCUT2D eigenvalue weighted by Crippen LogP contribution is -2.33. The molecule has 1 N–H and O–H groups in total. The van der Waals surface area contributed by atoms with Crippen LogP contribution in [0.4, 0.5) is 0 Å². The van der Waals surface area contributed by atoms with Gasteiger partial charge in [-0.15, -0.1) is 0 Å². The molecular weight excluding hydrogens is 250 g/mol. The number of hydrogen-bond acceptors (Lipinski definition) is 5. The summed E-state index contributed by atoms with van der Waals surface area (Å²) < 4.78 is 1.64. The van der Waals surface area contributed by atoms with E-state index in [1.54, 1.807) is 17.9 Å². The third kappa shape index (κ3) is 2.15. The SMILES string of the molecule is Cn1ncc2c(=O)[nH]c(CN3CCSCC3)nc21. The highest BCUT2D eigenvalue weighted by atomic mass is 32.2. The summed E-state index contributed by atoms with van der Waals surface area (Å²) in [5, 5.41) is 4.61. The van der Waals surface area contributed by atoms with E-state index in [0.29, 0.717) is 17.6 Å². The minimum absolute atomic E-state index is 0.102. The quantitative estimate of drug-likeness (QED) is 0.840. The van der Waals surface area contributed by atoms with Crippen LogP contribution < -0.4 is 5.56 Å². The summed E-state index contributed by atoms with van der Waals surface area (Å²) in [4.78, 5) is 21.5. The number of hydrogen-bond donors (Lipinski definition) is 1. The van der Waals surface area contributed by atoms with Gasteiger partial charge < -0.3 is 4.98 Å². The van der Waals surface area contributed by atoms with E-state index < -0.39 is 0 Å². The Bertz CT molecular complexity index is 613. The van der Waals surface area contributed by atoms with Gasteiger partial charge in [-0.1, -0.05) is 0 Å². The molecule has 0 bridgehead atoms. The predicted molar refractivity (Wildman–Crippen MR) is 71.7 cm³/mol. The summed E-state index contributed by atoms with van der Waals surface area (Å²) in [7, 11) is 1.80. The Morgan fingerprint density at radius 2 is 2.22 bits per heavy atom. The normalized spacial score (nSPS) is 17.4. The molecule has 1 aliphatic rings. The second-order valence-electron chi connectivity index (χ2n) is 4.41. The lowest BCUT2D eigenvalue weighted by Gasteiger charge is -2.25. The second-order valence-corrected chi connectivity index (χ2v) is 5.63. The van der Waals surface area contributed by atoms with Crippen LogP contribution in [0.15, 0.2) is 11.0 Å². The van der Waals surface area contributed by atoms with Crippen LogP contribution in [0.2, 0.25) is 0 Å². The summed E-state index contributed by atoms with van der Waals surface area (Å²) in [5.41, 5.74) is 0.551. The topological polar surface area (TPSA) is 66.8 Å². The summed E-state index contributed by atoms with van der Waals surface area (Å²) in [6.45, 7) is 2.81. The van der Waals surface area contributed by atoms with Gasteiger partial charge in [0.1, 0.15) is 11.2 Å². The molecule has 0 radical (unpaired) electrons. The van der Waals surface area contributed by atoms with Gasteiger partial charge in [0.25, 0.3) is 5.56 Å². The molecule has 0 amide bonds. The number of nitrogens with one attached hydrogen (secondary N) is 1. The summed E-state index contributed by atoms with van der Waals surface area (Å²) >= 11 is 1.97. The van der Waals surface area contributed by atoms with Crippen molar-refractivity contribution in [3.63, 3.8) is 0 Å². The molecular formula is C11H15N5OS. The lowest BCUT2D eigenvalue weighted by molar-refractivity contribution is 0.287. The van der Waals surface area contributed by atoms with E-state index in [0.717, 1.165) is 30.4 Å². The van der Waals surface area contributed by atoms with E-state index in [-0.39, 0.29) is 5.56 Å². The zero-order chi connectivity index (χ0) is 12.5. The van der Waals surface area contributed by atoms with Gasteiger partial charge in [-0.05, 0) is 0 Å². The van der Waals surface area contributed by atoms with E-state index >= 15 is 0 Å².